The number of amides is 2. The van der Waals surface area contributed by atoms with Gasteiger partial charge in [0.1, 0.15) is 12.6 Å². The molecule has 0 spiro atoms. The Morgan fingerprint density at radius 3 is 2.35 bits per heavy atom. The lowest BCUT2D eigenvalue weighted by Crippen LogP contribution is -2.52. The van der Waals surface area contributed by atoms with Crippen molar-refractivity contribution < 1.29 is 22.9 Å². The molecule has 1 saturated carbocycles. The summed E-state index contributed by atoms with van der Waals surface area (Å²) in [4.78, 5) is 38.9. The molecule has 200 valence electrons. The average Bonchev–Trinajstić information content (AvgIpc) is 3.34. The van der Waals surface area contributed by atoms with Crippen LogP contribution >= 0.6 is 0 Å². The van der Waals surface area contributed by atoms with Gasteiger partial charge in [-0.25, -0.2) is 8.42 Å². The molecule has 2 amide bonds. The fourth-order valence-electron chi connectivity index (χ4n) is 4.52. The van der Waals surface area contributed by atoms with Crippen LogP contribution in [0.2, 0.25) is 0 Å². The van der Waals surface area contributed by atoms with Crippen molar-refractivity contribution in [2.45, 2.75) is 65.1 Å². The van der Waals surface area contributed by atoms with E-state index in [0.29, 0.717) is 5.56 Å². The third-order valence-electron chi connectivity index (χ3n) is 6.82. The Morgan fingerprint density at radius 1 is 1.11 bits per heavy atom. The molecule has 0 heterocycles. The van der Waals surface area contributed by atoms with Crippen LogP contribution in [0.3, 0.4) is 0 Å². The Bertz CT molecular complexity index is 1270. The van der Waals surface area contributed by atoms with Crippen molar-refractivity contribution >= 4 is 33.2 Å². The number of anilines is 1. The molecule has 1 atom stereocenters. The van der Waals surface area contributed by atoms with Crippen LogP contribution in [0.15, 0.2) is 42.5 Å². The van der Waals surface area contributed by atoms with Crippen LogP contribution in [-0.2, 0) is 26.2 Å². The summed E-state index contributed by atoms with van der Waals surface area (Å²) in [6.07, 6.45) is 4.80. The minimum atomic E-state index is -3.99. The fourth-order valence-corrected chi connectivity index (χ4v) is 5.42. The number of sulfonamides is 1. The van der Waals surface area contributed by atoms with Gasteiger partial charge in [0.2, 0.25) is 21.8 Å². The molecule has 2 aromatic carbocycles. The number of hydrogen-bond donors (Lipinski definition) is 1. The number of nitrogens with one attached hydrogen (secondary N) is 1. The van der Waals surface area contributed by atoms with E-state index in [9.17, 15) is 28.1 Å². The molecule has 3 rings (SSSR count). The maximum absolute atomic E-state index is 13.7. The number of rotatable bonds is 10. The van der Waals surface area contributed by atoms with Crippen LogP contribution in [0.5, 0.6) is 0 Å². The summed E-state index contributed by atoms with van der Waals surface area (Å²) in [6, 6.07) is 10.5. The zero-order valence-corrected chi connectivity index (χ0v) is 22.5. The number of nitrogens with zero attached hydrogens (tertiary/aromatic N) is 3. The molecule has 37 heavy (non-hydrogen) atoms. The highest BCUT2D eigenvalue weighted by molar-refractivity contribution is 7.92. The van der Waals surface area contributed by atoms with Gasteiger partial charge in [0.05, 0.1) is 16.9 Å². The van der Waals surface area contributed by atoms with Crippen LogP contribution < -0.4 is 9.62 Å². The molecule has 2 aromatic rings. The van der Waals surface area contributed by atoms with E-state index in [1.807, 2.05) is 31.2 Å². The van der Waals surface area contributed by atoms with Crippen molar-refractivity contribution in [3.05, 3.63) is 69.3 Å². The Morgan fingerprint density at radius 2 is 1.76 bits per heavy atom. The van der Waals surface area contributed by atoms with Crippen LogP contribution in [0.4, 0.5) is 11.4 Å². The molecular formula is C26H34N4O6S. The maximum atomic E-state index is 13.7. The summed E-state index contributed by atoms with van der Waals surface area (Å²) in [5.41, 5.74) is 1.97. The Kier molecular flexibility index (Phi) is 8.90. The first-order chi connectivity index (χ1) is 17.4. The summed E-state index contributed by atoms with van der Waals surface area (Å²) in [7, 11) is -3.99. The number of nitro groups is 1. The topological polar surface area (TPSA) is 130 Å². The number of nitro benzene ring substituents is 1. The molecule has 1 aliphatic rings. The lowest BCUT2D eigenvalue weighted by atomic mass is 10.1. The van der Waals surface area contributed by atoms with Gasteiger partial charge in [-0.1, -0.05) is 43.2 Å². The minimum Gasteiger partial charge on any atom is -0.352 e. The number of carbonyl (C=O) groups is 2. The molecule has 0 aliphatic heterocycles. The van der Waals surface area contributed by atoms with E-state index in [0.717, 1.165) is 53.4 Å². The number of non-ortho nitro benzene ring substituents is 1. The Balaban J connectivity index is 1.95. The molecule has 1 fully saturated rings. The van der Waals surface area contributed by atoms with Gasteiger partial charge in [-0.2, -0.15) is 0 Å². The van der Waals surface area contributed by atoms with Gasteiger partial charge >= 0.3 is 0 Å². The monoisotopic (exact) mass is 530 g/mol. The average molecular weight is 531 g/mol. The largest absolute Gasteiger partial charge is 0.352 e. The van der Waals surface area contributed by atoms with E-state index in [1.54, 1.807) is 13.8 Å². The second-order valence-electron chi connectivity index (χ2n) is 9.61. The van der Waals surface area contributed by atoms with Crippen LogP contribution in [0.25, 0.3) is 0 Å². The minimum absolute atomic E-state index is 0.0453. The highest BCUT2D eigenvalue weighted by Crippen LogP contribution is 2.28. The van der Waals surface area contributed by atoms with Crippen LogP contribution in [-0.4, -0.2) is 54.9 Å². The van der Waals surface area contributed by atoms with E-state index in [2.05, 4.69) is 5.32 Å². The lowest BCUT2D eigenvalue weighted by Gasteiger charge is -2.32. The van der Waals surface area contributed by atoms with Gasteiger partial charge in [-0.3, -0.25) is 24.0 Å². The summed E-state index contributed by atoms with van der Waals surface area (Å²) >= 11 is 0. The van der Waals surface area contributed by atoms with Crippen LogP contribution in [0.1, 0.15) is 49.3 Å². The molecule has 0 bridgehead atoms. The summed E-state index contributed by atoms with van der Waals surface area (Å²) in [6.45, 7) is 4.65. The standard InChI is InChI=1S/C26H34N4O6S/c1-18-9-5-6-10-21(18)16-28(20(3)26(32)27-22-11-7-8-12-22)25(31)17-29(37(4,35)36)24-15-23(30(33)34)14-13-19(24)2/h5-6,9-10,13-15,20,22H,7-8,11-12,16-17H2,1-4H3,(H,27,32)/t20-/m0/s1. The first kappa shape index (κ1) is 28.1. The Labute approximate surface area is 217 Å². The molecule has 0 saturated heterocycles. The maximum Gasteiger partial charge on any atom is 0.271 e. The molecule has 0 radical (unpaired) electrons. The zero-order valence-electron chi connectivity index (χ0n) is 21.6. The predicted molar refractivity (Wildman–Crippen MR) is 142 cm³/mol. The lowest BCUT2D eigenvalue weighted by molar-refractivity contribution is -0.384. The van der Waals surface area contributed by atoms with Gasteiger partial charge in [0, 0.05) is 24.7 Å². The van der Waals surface area contributed by atoms with Crippen molar-refractivity contribution in [2.75, 3.05) is 17.1 Å². The summed E-state index contributed by atoms with van der Waals surface area (Å²) in [5, 5.41) is 14.3. The molecule has 0 aromatic heterocycles. The van der Waals surface area contributed by atoms with Crippen molar-refractivity contribution in [1.29, 1.82) is 0 Å². The second kappa shape index (κ2) is 11.7. The van der Waals surface area contributed by atoms with Crippen molar-refractivity contribution in [3.63, 3.8) is 0 Å². The van der Waals surface area contributed by atoms with Gasteiger partial charge in [-0.05, 0) is 50.3 Å². The number of carbonyl (C=O) groups excluding carboxylic acids is 2. The predicted octanol–water partition coefficient (Wildman–Crippen LogP) is 3.45. The smallest absolute Gasteiger partial charge is 0.271 e. The quantitative estimate of drug-likeness (QED) is 0.370. The van der Waals surface area contributed by atoms with Crippen molar-refractivity contribution in [1.82, 2.24) is 10.2 Å². The van der Waals surface area contributed by atoms with E-state index in [4.69, 9.17) is 0 Å². The Hall–Kier alpha value is -3.47. The summed E-state index contributed by atoms with van der Waals surface area (Å²) < 4.78 is 26.4. The molecule has 0 unspecified atom stereocenters. The van der Waals surface area contributed by atoms with Gasteiger partial charge in [0.25, 0.3) is 5.69 Å². The number of benzene rings is 2. The first-order valence-electron chi connectivity index (χ1n) is 12.3. The molecule has 1 aliphatic carbocycles. The zero-order chi connectivity index (χ0) is 27.3. The van der Waals surface area contributed by atoms with E-state index < -0.39 is 33.4 Å². The SMILES string of the molecule is Cc1ccccc1CN(C(=O)CN(c1cc([N+](=O)[O-])ccc1C)S(C)(=O)=O)[C@@H](C)C(=O)NC1CCCC1. The molecule has 10 nitrogen and oxygen atoms in total. The summed E-state index contributed by atoms with van der Waals surface area (Å²) in [5.74, 6) is -0.889. The second-order valence-corrected chi connectivity index (χ2v) is 11.5. The van der Waals surface area contributed by atoms with Crippen molar-refractivity contribution in [3.8, 4) is 0 Å². The van der Waals surface area contributed by atoms with Gasteiger partial charge in [-0.15, -0.1) is 0 Å². The molecule has 1 N–H and O–H groups in total. The van der Waals surface area contributed by atoms with Crippen molar-refractivity contribution in [2.24, 2.45) is 0 Å². The van der Waals surface area contributed by atoms with E-state index in [1.165, 1.54) is 17.0 Å². The third kappa shape index (κ3) is 7.06. The van der Waals surface area contributed by atoms with Gasteiger partial charge < -0.3 is 10.2 Å². The first-order valence-corrected chi connectivity index (χ1v) is 14.1. The van der Waals surface area contributed by atoms with E-state index in [-0.39, 0.29) is 29.9 Å². The third-order valence-corrected chi connectivity index (χ3v) is 7.95. The highest BCUT2D eigenvalue weighted by Gasteiger charge is 2.32. The van der Waals surface area contributed by atoms with Crippen LogP contribution in [0, 0.1) is 24.0 Å². The highest BCUT2D eigenvalue weighted by atomic mass is 32.2. The van der Waals surface area contributed by atoms with E-state index >= 15 is 0 Å². The molecular weight excluding hydrogens is 496 g/mol. The number of aryl methyl sites for hydroxylation is 2. The normalized spacial score (nSPS) is 14.7. The molecule has 11 heteroatoms. The van der Waals surface area contributed by atoms with Gasteiger partial charge in [0.15, 0.2) is 0 Å². The fraction of sp³-hybridized carbons (Fsp3) is 0.462. The number of hydrogen-bond acceptors (Lipinski definition) is 6.